The minimum Gasteiger partial charge on any atom is -0.494 e. The lowest BCUT2D eigenvalue weighted by Gasteiger charge is -2.49. The van der Waals surface area contributed by atoms with Crippen LogP contribution in [0.3, 0.4) is 0 Å². The van der Waals surface area contributed by atoms with Crippen molar-refractivity contribution < 1.29 is 9.53 Å². The van der Waals surface area contributed by atoms with Gasteiger partial charge in [-0.05, 0) is 62.8 Å². The molecule has 2 aliphatic rings. The first kappa shape index (κ1) is 18.2. The van der Waals surface area contributed by atoms with E-state index in [4.69, 9.17) is 4.74 Å². The Morgan fingerprint density at radius 2 is 1.84 bits per heavy atom. The molecule has 3 rings (SSSR count). The number of rotatable bonds is 6. The molecule has 2 bridgehead atoms. The highest BCUT2D eigenvalue weighted by atomic mass is 16.5. The average Bonchev–Trinajstić information content (AvgIpc) is 2.56. The van der Waals surface area contributed by atoms with Gasteiger partial charge in [0.2, 0.25) is 0 Å². The predicted molar refractivity (Wildman–Crippen MR) is 101 cm³/mol. The first-order valence-electron chi connectivity index (χ1n) is 9.86. The van der Waals surface area contributed by atoms with Crippen LogP contribution in [0.15, 0.2) is 24.3 Å². The molecule has 0 aliphatic carbocycles. The summed E-state index contributed by atoms with van der Waals surface area (Å²) in [5, 5.41) is 3.28. The number of piperidine rings is 2. The first-order valence-corrected chi connectivity index (χ1v) is 9.86. The van der Waals surface area contributed by atoms with Crippen LogP contribution >= 0.6 is 0 Å². The quantitative estimate of drug-likeness (QED) is 0.852. The standard InChI is InChI=1S/C21H32N2O2/c1-4-25-20-10-8-16(9-11-20)21(24)22-17-12-18-6-5-7-19(13-17)23(18)14-15(2)3/h8-11,15,17-19H,4-7,12-14H2,1-3H3,(H,22,24)/t18-,19-/m1/s1. The zero-order chi connectivity index (χ0) is 17.8. The Balaban J connectivity index is 1.59. The van der Waals surface area contributed by atoms with Crippen LogP contribution in [0.5, 0.6) is 5.75 Å². The Hall–Kier alpha value is -1.55. The van der Waals surface area contributed by atoms with Gasteiger partial charge in [0.15, 0.2) is 0 Å². The lowest BCUT2D eigenvalue weighted by molar-refractivity contribution is 0.0158. The van der Waals surface area contributed by atoms with Gasteiger partial charge in [0.25, 0.3) is 5.91 Å². The largest absolute Gasteiger partial charge is 0.494 e. The van der Waals surface area contributed by atoms with Crippen molar-refractivity contribution >= 4 is 5.91 Å². The van der Waals surface area contributed by atoms with Crippen LogP contribution in [0.4, 0.5) is 0 Å². The first-order chi connectivity index (χ1) is 12.1. The van der Waals surface area contributed by atoms with Crippen molar-refractivity contribution in [1.29, 1.82) is 0 Å². The highest BCUT2D eigenvalue weighted by Gasteiger charge is 2.38. The Bertz CT molecular complexity index is 556. The summed E-state index contributed by atoms with van der Waals surface area (Å²) in [4.78, 5) is 15.3. The molecule has 1 amide bonds. The highest BCUT2D eigenvalue weighted by Crippen LogP contribution is 2.34. The number of ether oxygens (including phenoxy) is 1. The Morgan fingerprint density at radius 1 is 1.20 bits per heavy atom. The molecule has 1 aromatic rings. The SMILES string of the molecule is CCOc1ccc(C(=O)NC2C[C@H]3CCC[C@H](C2)N3CC(C)C)cc1. The third-order valence-corrected chi connectivity index (χ3v) is 5.46. The van der Waals surface area contributed by atoms with E-state index < -0.39 is 0 Å². The fourth-order valence-electron chi connectivity index (χ4n) is 4.45. The summed E-state index contributed by atoms with van der Waals surface area (Å²) in [7, 11) is 0. The van der Waals surface area contributed by atoms with Crippen molar-refractivity contribution in [1.82, 2.24) is 10.2 Å². The van der Waals surface area contributed by atoms with Gasteiger partial charge in [0.05, 0.1) is 6.61 Å². The van der Waals surface area contributed by atoms with E-state index in [0.717, 1.165) is 24.2 Å². The minimum absolute atomic E-state index is 0.0448. The monoisotopic (exact) mass is 344 g/mol. The van der Waals surface area contributed by atoms with E-state index in [1.807, 2.05) is 31.2 Å². The Kier molecular flexibility index (Phi) is 6.00. The molecule has 0 aromatic heterocycles. The number of amides is 1. The fourth-order valence-corrected chi connectivity index (χ4v) is 4.45. The van der Waals surface area contributed by atoms with E-state index in [9.17, 15) is 4.79 Å². The molecule has 2 atom stereocenters. The Labute approximate surface area is 151 Å². The van der Waals surface area contributed by atoms with E-state index in [-0.39, 0.29) is 5.91 Å². The molecule has 1 N–H and O–H groups in total. The Morgan fingerprint density at radius 3 is 2.40 bits per heavy atom. The van der Waals surface area contributed by atoms with Gasteiger partial charge in [0, 0.05) is 30.2 Å². The molecule has 0 radical (unpaired) electrons. The van der Waals surface area contributed by atoms with Gasteiger partial charge in [0.1, 0.15) is 5.75 Å². The number of carbonyl (C=O) groups excluding carboxylic acids is 1. The molecule has 2 heterocycles. The van der Waals surface area contributed by atoms with E-state index in [2.05, 4.69) is 24.1 Å². The number of carbonyl (C=O) groups is 1. The maximum absolute atomic E-state index is 12.6. The summed E-state index contributed by atoms with van der Waals surface area (Å²) >= 11 is 0. The van der Waals surface area contributed by atoms with E-state index >= 15 is 0 Å². The van der Waals surface area contributed by atoms with Crippen LogP contribution in [0.25, 0.3) is 0 Å². The zero-order valence-electron chi connectivity index (χ0n) is 15.8. The summed E-state index contributed by atoms with van der Waals surface area (Å²) in [6.45, 7) is 8.40. The third kappa shape index (κ3) is 4.55. The fraction of sp³-hybridized carbons (Fsp3) is 0.667. The minimum atomic E-state index is 0.0448. The second-order valence-corrected chi connectivity index (χ2v) is 7.93. The number of fused-ring (bicyclic) bond motifs is 2. The van der Waals surface area contributed by atoms with Gasteiger partial charge in [-0.3, -0.25) is 9.69 Å². The third-order valence-electron chi connectivity index (χ3n) is 5.46. The molecule has 4 heteroatoms. The molecular formula is C21H32N2O2. The van der Waals surface area contributed by atoms with Crippen LogP contribution in [-0.4, -0.2) is 42.1 Å². The maximum atomic E-state index is 12.6. The normalized spacial score (nSPS) is 26.5. The van der Waals surface area contributed by atoms with Gasteiger partial charge in [-0.15, -0.1) is 0 Å². The van der Waals surface area contributed by atoms with Crippen LogP contribution in [0.1, 0.15) is 63.2 Å². The smallest absolute Gasteiger partial charge is 0.251 e. The summed E-state index contributed by atoms with van der Waals surface area (Å²) in [6.07, 6.45) is 6.07. The molecule has 138 valence electrons. The van der Waals surface area contributed by atoms with Crippen molar-refractivity contribution in [2.45, 2.75) is 71.0 Å². The van der Waals surface area contributed by atoms with Crippen molar-refractivity contribution in [3.8, 4) is 5.75 Å². The van der Waals surface area contributed by atoms with Crippen molar-refractivity contribution in [3.63, 3.8) is 0 Å². The molecule has 2 saturated heterocycles. The van der Waals surface area contributed by atoms with Crippen LogP contribution < -0.4 is 10.1 Å². The number of hydrogen-bond acceptors (Lipinski definition) is 3. The molecule has 25 heavy (non-hydrogen) atoms. The van der Waals surface area contributed by atoms with Gasteiger partial charge >= 0.3 is 0 Å². The molecule has 0 unspecified atom stereocenters. The number of nitrogens with zero attached hydrogens (tertiary/aromatic N) is 1. The molecule has 1 aromatic carbocycles. The summed E-state index contributed by atoms with van der Waals surface area (Å²) in [6, 6.07) is 9.04. The van der Waals surface area contributed by atoms with Crippen LogP contribution in [0.2, 0.25) is 0 Å². The summed E-state index contributed by atoms with van der Waals surface area (Å²) in [5.41, 5.74) is 0.721. The lowest BCUT2D eigenvalue weighted by atomic mass is 9.81. The molecule has 4 nitrogen and oxygen atoms in total. The number of hydrogen-bond donors (Lipinski definition) is 1. The average molecular weight is 344 g/mol. The van der Waals surface area contributed by atoms with Gasteiger partial charge in [-0.2, -0.15) is 0 Å². The number of benzene rings is 1. The highest BCUT2D eigenvalue weighted by molar-refractivity contribution is 5.94. The summed E-state index contributed by atoms with van der Waals surface area (Å²) < 4.78 is 5.45. The summed E-state index contributed by atoms with van der Waals surface area (Å²) in [5.74, 6) is 1.57. The van der Waals surface area contributed by atoms with Crippen LogP contribution in [-0.2, 0) is 0 Å². The second kappa shape index (κ2) is 8.22. The van der Waals surface area contributed by atoms with Crippen molar-refractivity contribution in [2.24, 2.45) is 5.92 Å². The molecule has 2 fully saturated rings. The predicted octanol–water partition coefficient (Wildman–Crippen LogP) is 3.86. The second-order valence-electron chi connectivity index (χ2n) is 7.93. The van der Waals surface area contributed by atoms with Crippen LogP contribution in [0, 0.1) is 5.92 Å². The van der Waals surface area contributed by atoms with Crippen molar-refractivity contribution in [2.75, 3.05) is 13.2 Å². The van der Waals surface area contributed by atoms with Gasteiger partial charge in [-0.1, -0.05) is 20.3 Å². The maximum Gasteiger partial charge on any atom is 0.251 e. The molecule has 0 saturated carbocycles. The van der Waals surface area contributed by atoms with E-state index in [1.54, 1.807) is 0 Å². The topological polar surface area (TPSA) is 41.6 Å². The van der Waals surface area contributed by atoms with Crippen molar-refractivity contribution in [3.05, 3.63) is 29.8 Å². The zero-order valence-corrected chi connectivity index (χ0v) is 15.8. The van der Waals surface area contributed by atoms with Gasteiger partial charge in [-0.25, -0.2) is 0 Å². The van der Waals surface area contributed by atoms with E-state index in [1.165, 1.54) is 25.8 Å². The lowest BCUT2D eigenvalue weighted by Crippen LogP contribution is -2.57. The molecule has 2 aliphatic heterocycles. The van der Waals surface area contributed by atoms with E-state index in [0.29, 0.717) is 30.7 Å². The molecule has 0 spiro atoms. The van der Waals surface area contributed by atoms with Gasteiger partial charge < -0.3 is 10.1 Å². The molecular weight excluding hydrogens is 312 g/mol. The number of nitrogens with one attached hydrogen (secondary N) is 1.